The Labute approximate surface area is 103 Å². The normalized spacial score (nSPS) is 21.9. The van der Waals surface area contributed by atoms with Crippen molar-refractivity contribution in [2.75, 3.05) is 19.6 Å². The molecule has 1 aromatic heterocycles. The van der Waals surface area contributed by atoms with Gasteiger partial charge in [0.1, 0.15) is 5.76 Å². The van der Waals surface area contributed by atoms with E-state index in [0.717, 1.165) is 37.8 Å². The van der Waals surface area contributed by atoms with Gasteiger partial charge in [0.2, 0.25) is 5.89 Å². The van der Waals surface area contributed by atoms with Crippen LogP contribution in [-0.2, 0) is 6.54 Å². The molecule has 2 rings (SSSR count). The zero-order chi connectivity index (χ0) is 12.1. The highest BCUT2D eigenvalue weighted by atomic mass is 16.4. The minimum Gasteiger partial charge on any atom is -0.445 e. The van der Waals surface area contributed by atoms with Crippen LogP contribution in [0.25, 0.3) is 0 Å². The van der Waals surface area contributed by atoms with E-state index < -0.39 is 0 Å². The van der Waals surface area contributed by atoms with E-state index in [4.69, 9.17) is 4.42 Å². The first-order valence-corrected chi connectivity index (χ1v) is 6.65. The molecule has 1 saturated heterocycles. The van der Waals surface area contributed by atoms with Crippen LogP contribution in [0.15, 0.2) is 10.6 Å². The molecular formula is C13H23N3O. The van der Waals surface area contributed by atoms with E-state index in [1.54, 1.807) is 6.20 Å². The number of nitrogens with one attached hydrogen (secondary N) is 1. The Hall–Kier alpha value is -0.870. The lowest BCUT2D eigenvalue weighted by atomic mass is 10.1. The molecule has 1 aromatic rings. The third-order valence-corrected chi connectivity index (χ3v) is 3.22. The molecule has 1 unspecified atom stereocenters. The van der Waals surface area contributed by atoms with Crippen molar-refractivity contribution in [3.05, 3.63) is 17.8 Å². The maximum absolute atomic E-state index is 5.53. The highest BCUT2D eigenvalue weighted by molar-refractivity contribution is 4.91. The van der Waals surface area contributed by atoms with Crippen LogP contribution in [-0.4, -0.2) is 35.6 Å². The number of likely N-dealkylation sites (tertiary alicyclic amines) is 1. The van der Waals surface area contributed by atoms with Crippen molar-refractivity contribution < 1.29 is 4.42 Å². The van der Waals surface area contributed by atoms with Crippen LogP contribution >= 0.6 is 0 Å². The highest BCUT2D eigenvalue weighted by Crippen LogP contribution is 2.13. The molecule has 0 saturated carbocycles. The maximum Gasteiger partial charge on any atom is 0.208 e. The molecule has 1 fully saturated rings. The molecule has 1 aliphatic heterocycles. The number of aromatic nitrogens is 1. The predicted molar refractivity (Wildman–Crippen MR) is 67.8 cm³/mol. The number of piperidine rings is 1. The van der Waals surface area contributed by atoms with Crippen molar-refractivity contribution in [3.63, 3.8) is 0 Å². The third-order valence-electron chi connectivity index (χ3n) is 3.22. The van der Waals surface area contributed by atoms with Crippen LogP contribution in [0.1, 0.15) is 37.8 Å². The summed E-state index contributed by atoms with van der Waals surface area (Å²) in [5, 5.41) is 3.60. The van der Waals surface area contributed by atoms with Gasteiger partial charge in [-0.3, -0.25) is 4.90 Å². The Morgan fingerprint density at radius 2 is 2.47 bits per heavy atom. The van der Waals surface area contributed by atoms with Crippen LogP contribution in [0.2, 0.25) is 0 Å². The van der Waals surface area contributed by atoms with Crippen molar-refractivity contribution in [2.45, 2.75) is 45.7 Å². The van der Waals surface area contributed by atoms with Crippen LogP contribution in [0.3, 0.4) is 0 Å². The van der Waals surface area contributed by atoms with Gasteiger partial charge in [0.05, 0.1) is 12.7 Å². The number of oxazole rings is 1. The largest absolute Gasteiger partial charge is 0.445 e. The molecule has 0 amide bonds. The van der Waals surface area contributed by atoms with E-state index in [2.05, 4.69) is 22.1 Å². The van der Waals surface area contributed by atoms with E-state index in [9.17, 15) is 0 Å². The Balaban J connectivity index is 1.80. The first kappa shape index (κ1) is 12.6. The average molecular weight is 237 g/mol. The standard InChI is InChI=1S/C13H23N3O/c1-3-6-14-12-5-4-7-16(9-12)10-13-15-8-11(2)17-13/h8,12,14H,3-7,9-10H2,1-2H3. The van der Waals surface area contributed by atoms with E-state index in [0.29, 0.717) is 6.04 Å². The van der Waals surface area contributed by atoms with Crippen LogP contribution in [0.5, 0.6) is 0 Å². The molecule has 0 spiro atoms. The van der Waals surface area contributed by atoms with Crippen molar-refractivity contribution in [1.29, 1.82) is 0 Å². The van der Waals surface area contributed by atoms with E-state index in [1.165, 1.54) is 19.3 Å². The lowest BCUT2D eigenvalue weighted by Crippen LogP contribution is -2.45. The first-order valence-electron chi connectivity index (χ1n) is 6.65. The van der Waals surface area contributed by atoms with Crippen LogP contribution in [0, 0.1) is 6.92 Å². The summed E-state index contributed by atoms with van der Waals surface area (Å²) >= 11 is 0. The summed E-state index contributed by atoms with van der Waals surface area (Å²) in [6.07, 6.45) is 5.56. The smallest absolute Gasteiger partial charge is 0.208 e. The van der Waals surface area contributed by atoms with Gasteiger partial charge < -0.3 is 9.73 Å². The van der Waals surface area contributed by atoms with Crippen molar-refractivity contribution >= 4 is 0 Å². The lowest BCUT2D eigenvalue weighted by molar-refractivity contribution is 0.169. The third kappa shape index (κ3) is 3.82. The molecule has 0 aromatic carbocycles. The van der Waals surface area contributed by atoms with Gasteiger partial charge in [0, 0.05) is 12.6 Å². The summed E-state index contributed by atoms with van der Waals surface area (Å²) in [5.74, 6) is 1.75. The topological polar surface area (TPSA) is 41.3 Å². The SMILES string of the molecule is CCCNC1CCCN(Cc2ncc(C)o2)C1. The molecule has 1 atom stereocenters. The van der Waals surface area contributed by atoms with Crippen molar-refractivity contribution in [2.24, 2.45) is 0 Å². The minimum absolute atomic E-state index is 0.639. The van der Waals surface area contributed by atoms with Gasteiger partial charge in [0.15, 0.2) is 0 Å². The second-order valence-electron chi connectivity index (χ2n) is 4.89. The molecule has 4 heteroatoms. The summed E-state index contributed by atoms with van der Waals surface area (Å²) in [7, 11) is 0. The second kappa shape index (κ2) is 6.17. The Bertz CT molecular complexity index is 337. The average Bonchev–Trinajstić information content (AvgIpc) is 2.73. The van der Waals surface area contributed by atoms with Gasteiger partial charge in [-0.25, -0.2) is 4.98 Å². The summed E-state index contributed by atoms with van der Waals surface area (Å²) in [4.78, 5) is 6.70. The zero-order valence-electron chi connectivity index (χ0n) is 10.9. The van der Waals surface area contributed by atoms with E-state index in [1.807, 2.05) is 6.92 Å². The summed E-state index contributed by atoms with van der Waals surface area (Å²) in [5.41, 5.74) is 0. The summed E-state index contributed by atoms with van der Waals surface area (Å²) in [6, 6.07) is 0.639. The molecular weight excluding hydrogens is 214 g/mol. The fraction of sp³-hybridized carbons (Fsp3) is 0.769. The number of rotatable bonds is 5. The predicted octanol–water partition coefficient (Wildman–Crippen LogP) is 1.95. The summed E-state index contributed by atoms with van der Waals surface area (Å²) in [6.45, 7) is 8.39. The second-order valence-corrected chi connectivity index (χ2v) is 4.89. The Morgan fingerprint density at radius 1 is 1.59 bits per heavy atom. The van der Waals surface area contributed by atoms with Gasteiger partial charge in [-0.05, 0) is 39.3 Å². The van der Waals surface area contributed by atoms with E-state index in [-0.39, 0.29) is 0 Å². The fourth-order valence-corrected chi connectivity index (χ4v) is 2.38. The quantitative estimate of drug-likeness (QED) is 0.850. The number of nitrogens with zero attached hydrogens (tertiary/aromatic N) is 2. The van der Waals surface area contributed by atoms with Crippen LogP contribution < -0.4 is 5.32 Å². The highest BCUT2D eigenvalue weighted by Gasteiger charge is 2.20. The molecule has 1 aliphatic rings. The Morgan fingerprint density at radius 3 is 3.18 bits per heavy atom. The number of hydrogen-bond acceptors (Lipinski definition) is 4. The number of aryl methyl sites for hydroxylation is 1. The van der Waals surface area contributed by atoms with Gasteiger partial charge in [-0.15, -0.1) is 0 Å². The van der Waals surface area contributed by atoms with E-state index >= 15 is 0 Å². The van der Waals surface area contributed by atoms with Crippen molar-refractivity contribution in [3.8, 4) is 0 Å². The molecule has 1 N–H and O–H groups in total. The molecule has 4 nitrogen and oxygen atoms in total. The minimum atomic E-state index is 0.639. The van der Waals surface area contributed by atoms with Gasteiger partial charge in [0.25, 0.3) is 0 Å². The van der Waals surface area contributed by atoms with Crippen molar-refractivity contribution in [1.82, 2.24) is 15.2 Å². The lowest BCUT2D eigenvalue weighted by Gasteiger charge is -2.32. The monoisotopic (exact) mass is 237 g/mol. The first-order chi connectivity index (χ1) is 8.28. The maximum atomic E-state index is 5.53. The molecule has 96 valence electrons. The fourth-order valence-electron chi connectivity index (χ4n) is 2.38. The Kier molecular flexibility index (Phi) is 4.57. The van der Waals surface area contributed by atoms with Crippen LogP contribution in [0.4, 0.5) is 0 Å². The van der Waals surface area contributed by atoms with Gasteiger partial charge in [-0.2, -0.15) is 0 Å². The molecule has 0 bridgehead atoms. The molecule has 0 aliphatic carbocycles. The molecule has 0 radical (unpaired) electrons. The number of hydrogen-bond donors (Lipinski definition) is 1. The summed E-state index contributed by atoms with van der Waals surface area (Å²) < 4.78 is 5.53. The van der Waals surface area contributed by atoms with Gasteiger partial charge >= 0.3 is 0 Å². The zero-order valence-corrected chi connectivity index (χ0v) is 10.9. The molecule has 17 heavy (non-hydrogen) atoms. The van der Waals surface area contributed by atoms with Gasteiger partial charge in [-0.1, -0.05) is 6.92 Å². The molecule has 2 heterocycles.